The molecule has 0 atom stereocenters. The quantitative estimate of drug-likeness (QED) is 0.475. The summed E-state index contributed by atoms with van der Waals surface area (Å²) in [6.45, 7) is 7.22. The van der Waals surface area contributed by atoms with Crippen LogP contribution in [0.15, 0.2) is 17.3 Å². The molecule has 0 aliphatic heterocycles. The van der Waals surface area contributed by atoms with E-state index in [-0.39, 0.29) is 0 Å². The largest absolute Gasteiger partial charge is 0.357 e. The number of aryl methyl sites for hydroxylation is 1. The van der Waals surface area contributed by atoms with Crippen LogP contribution in [0, 0.1) is 0 Å². The molecule has 0 saturated carbocycles. The maximum Gasteiger partial charge on any atom is 0.209 e. The summed E-state index contributed by atoms with van der Waals surface area (Å²) < 4.78 is 27.0. The number of sulfonamides is 1. The molecular formula is C13H26N6O2S. The highest BCUT2D eigenvalue weighted by atomic mass is 32.2. The number of guanidine groups is 1. The van der Waals surface area contributed by atoms with Gasteiger partial charge in [-0.15, -0.1) is 0 Å². The standard InChI is InChI=1S/C13H26N6O2S/c1-6-14-12(15-9-11-7-8-17-19(11)4)16-10-13(2,3)18-22(5,20)21/h7-8,18H,6,9-10H2,1-5H3,(H2,14,15,16). The molecule has 1 heterocycles. The summed E-state index contributed by atoms with van der Waals surface area (Å²) in [5, 5.41) is 10.4. The molecule has 0 bridgehead atoms. The number of aromatic nitrogens is 2. The van der Waals surface area contributed by atoms with E-state index in [9.17, 15) is 8.42 Å². The molecule has 0 spiro atoms. The molecule has 126 valence electrons. The number of hydrogen-bond donors (Lipinski definition) is 3. The van der Waals surface area contributed by atoms with Crippen LogP contribution >= 0.6 is 0 Å². The maximum absolute atomic E-state index is 11.3. The van der Waals surface area contributed by atoms with Crippen LogP contribution in [0.3, 0.4) is 0 Å². The molecular weight excluding hydrogens is 304 g/mol. The van der Waals surface area contributed by atoms with Crippen molar-refractivity contribution in [2.75, 3.05) is 19.3 Å². The van der Waals surface area contributed by atoms with Crippen LogP contribution in [-0.4, -0.2) is 49.0 Å². The van der Waals surface area contributed by atoms with E-state index in [2.05, 4.69) is 25.4 Å². The lowest BCUT2D eigenvalue weighted by Crippen LogP contribution is -2.53. The maximum atomic E-state index is 11.3. The van der Waals surface area contributed by atoms with E-state index in [1.54, 1.807) is 10.9 Å². The third-order valence-corrected chi connectivity index (χ3v) is 3.75. The highest BCUT2D eigenvalue weighted by molar-refractivity contribution is 7.88. The summed E-state index contributed by atoms with van der Waals surface area (Å²) in [5.41, 5.74) is 0.377. The van der Waals surface area contributed by atoms with Crippen LogP contribution in [0.4, 0.5) is 0 Å². The molecule has 0 saturated heterocycles. The Morgan fingerprint density at radius 1 is 1.41 bits per heavy atom. The van der Waals surface area contributed by atoms with Crippen LogP contribution in [0.5, 0.6) is 0 Å². The van der Waals surface area contributed by atoms with Crippen molar-refractivity contribution >= 4 is 16.0 Å². The summed E-state index contributed by atoms with van der Waals surface area (Å²) in [6, 6.07) is 1.90. The van der Waals surface area contributed by atoms with Gasteiger partial charge in [-0.05, 0) is 26.8 Å². The SMILES string of the molecule is CCNC(=NCc1ccnn1C)NCC(C)(C)NS(C)(=O)=O. The summed E-state index contributed by atoms with van der Waals surface area (Å²) in [5.74, 6) is 0.632. The Hall–Kier alpha value is -1.61. The Morgan fingerprint density at radius 3 is 2.59 bits per heavy atom. The minimum atomic E-state index is -3.26. The van der Waals surface area contributed by atoms with Gasteiger partial charge in [-0.1, -0.05) is 0 Å². The fourth-order valence-electron chi connectivity index (χ4n) is 1.90. The fourth-order valence-corrected chi connectivity index (χ4v) is 2.98. The Kier molecular flexibility index (Phi) is 6.36. The van der Waals surface area contributed by atoms with Gasteiger partial charge in [-0.2, -0.15) is 5.10 Å². The van der Waals surface area contributed by atoms with E-state index in [1.165, 1.54) is 0 Å². The topological polar surface area (TPSA) is 100 Å². The molecule has 0 amide bonds. The zero-order valence-electron chi connectivity index (χ0n) is 13.8. The highest BCUT2D eigenvalue weighted by Crippen LogP contribution is 2.02. The first kappa shape index (κ1) is 18.4. The minimum absolute atomic E-state index is 0.414. The van der Waals surface area contributed by atoms with Gasteiger partial charge in [0.2, 0.25) is 10.0 Å². The van der Waals surface area contributed by atoms with Gasteiger partial charge in [0.25, 0.3) is 0 Å². The smallest absolute Gasteiger partial charge is 0.209 e. The van der Waals surface area contributed by atoms with Crippen molar-refractivity contribution in [1.29, 1.82) is 0 Å². The Morgan fingerprint density at radius 2 is 2.09 bits per heavy atom. The average molecular weight is 330 g/mol. The van der Waals surface area contributed by atoms with Gasteiger partial charge in [0.05, 0.1) is 18.5 Å². The fraction of sp³-hybridized carbons (Fsp3) is 0.692. The monoisotopic (exact) mass is 330 g/mol. The number of aliphatic imine (C=N–C) groups is 1. The minimum Gasteiger partial charge on any atom is -0.357 e. The van der Waals surface area contributed by atoms with Crippen molar-refractivity contribution in [3.05, 3.63) is 18.0 Å². The molecule has 0 unspecified atom stereocenters. The average Bonchev–Trinajstić information content (AvgIpc) is 2.75. The van der Waals surface area contributed by atoms with E-state index in [0.29, 0.717) is 19.0 Å². The molecule has 1 aromatic heterocycles. The summed E-state index contributed by atoms with van der Waals surface area (Å²) in [7, 11) is -1.39. The summed E-state index contributed by atoms with van der Waals surface area (Å²) in [6.07, 6.45) is 2.88. The van der Waals surface area contributed by atoms with Crippen molar-refractivity contribution in [2.24, 2.45) is 12.0 Å². The van der Waals surface area contributed by atoms with Crippen molar-refractivity contribution in [3.8, 4) is 0 Å². The predicted octanol–water partition coefficient (Wildman–Crippen LogP) is -0.197. The van der Waals surface area contributed by atoms with Crippen molar-refractivity contribution in [3.63, 3.8) is 0 Å². The molecule has 0 fully saturated rings. The first-order chi connectivity index (χ1) is 10.1. The van der Waals surface area contributed by atoms with Crippen LogP contribution < -0.4 is 15.4 Å². The molecule has 0 radical (unpaired) electrons. The lowest BCUT2D eigenvalue weighted by molar-refractivity contribution is 0.446. The Labute approximate surface area is 132 Å². The van der Waals surface area contributed by atoms with Gasteiger partial charge < -0.3 is 10.6 Å². The number of nitrogens with one attached hydrogen (secondary N) is 3. The normalized spacial score (nSPS) is 13.2. The van der Waals surface area contributed by atoms with Crippen molar-refractivity contribution in [2.45, 2.75) is 32.9 Å². The molecule has 9 heteroatoms. The van der Waals surface area contributed by atoms with Crippen molar-refractivity contribution in [1.82, 2.24) is 25.1 Å². The molecule has 8 nitrogen and oxygen atoms in total. The van der Waals surface area contributed by atoms with E-state index in [4.69, 9.17) is 0 Å². The van der Waals surface area contributed by atoms with E-state index in [1.807, 2.05) is 33.9 Å². The molecule has 1 rings (SSSR count). The van der Waals surface area contributed by atoms with Crippen molar-refractivity contribution < 1.29 is 8.42 Å². The van der Waals surface area contributed by atoms with Gasteiger partial charge in [0.1, 0.15) is 0 Å². The third kappa shape index (κ3) is 6.90. The van der Waals surface area contributed by atoms with E-state index in [0.717, 1.165) is 18.5 Å². The number of hydrogen-bond acceptors (Lipinski definition) is 4. The second-order valence-electron chi connectivity index (χ2n) is 5.75. The highest BCUT2D eigenvalue weighted by Gasteiger charge is 2.22. The van der Waals surface area contributed by atoms with Gasteiger partial charge in [0, 0.05) is 31.9 Å². The summed E-state index contributed by atoms with van der Waals surface area (Å²) in [4.78, 5) is 4.47. The van der Waals surface area contributed by atoms with Gasteiger partial charge in [-0.25, -0.2) is 18.1 Å². The van der Waals surface area contributed by atoms with Gasteiger partial charge in [-0.3, -0.25) is 4.68 Å². The van der Waals surface area contributed by atoms with Crippen LogP contribution in [0.1, 0.15) is 26.5 Å². The first-order valence-corrected chi connectivity index (χ1v) is 9.00. The zero-order chi connectivity index (χ0) is 16.8. The lowest BCUT2D eigenvalue weighted by atomic mass is 10.1. The molecule has 1 aromatic rings. The van der Waals surface area contributed by atoms with Gasteiger partial charge >= 0.3 is 0 Å². The van der Waals surface area contributed by atoms with Gasteiger partial charge in [0.15, 0.2) is 5.96 Å². The third-order valence-electron chi connectivity index (χ3n) is 2.83. The number of nitrogens with zero attached hydrogens (tertiary/aromatic N) is 3. The summed E-state index contributed by atoms with van der Waals surface area (Å²) >= 11 is 0. The van der Waals surface area contributed by atoms with Crippen LogP contribution in [0.2, 0.25) is 0 Å². The first-order valence-electron chi connectivity index (χ1n) is 7.11. The zero-order valence-corrected chi connectivity index (χ0v) is 14.7. The Balaban J connectivity index is 2.66. The number of rotatable bonds is 7. The van der Waals surface area contributed by atoms with Crippen LogP contribution in [-0.2, 0) is 23.6 Å². The molecule has 22 heavy (non-hydrogen) atoms. The second kappa shape index (κ2) is 7.59. The van der Waals surface area contributed by atoms with E-state index >= 15 is 0 Å². The molecule has 0 aliphatic rings. The van der Waals surface area contributed by atoms with Crippen LogP contribution in [0.25, 0.3) is 0 Å². The second-order valence-corrected chi connectivity index (χ2v) is 7.50. The molecule has 0 aromatic carbocycles. The Bertz CT molecular complexity index is 606. The molecule has 0 aliphatic carbocycles. The van der Waals surface area contributed by atoms with E-state index < -0.39 is 15.6 Å². The molecule has 3 N–H and O–H groups in total. The predicted molar refractivity (Wildman–Crippen MR) is 88.1 cm³/mol. The lowest BCUT2D eigenvalue weighted by Gasteiger charge is -2.26.